The Labute approximate surface area is 165 Å². The fraction of sp³-hybridized carbons (Fsp3) is 0.400. The Morgan fingerprint density at radius 1 is 1.26 bits per heavy atom. The van der Waals surface area contributed by atoms with E-state index < -0.39 is 0 Å². The Morgan fingerprint density at radius 2 is 2.07 bits per heavy atom. The molecule has 138 valence electrons. The van der Waals surface area contributed by atoms with Crippen LogP contribution in [0.2, 0.25) is 0 Å². The van der Waals surface area contributed by atoms with E-state index in [4.69, 9.17) is 14.8 Å². The summed E-state index contributed by atoms with van der Waals surface area (Å²) < 4.78 is 7.86. The maximum absolute atomic E-state index is 11.7. The first kappa shape index (κ1) is 16.9. The molecule has 6 nitrogen and oxygen atoms in total. The van der Waals surface area contributed by atoms with Crippen molar-refractivity contribution >= 4 is 32.9 Å². The predicted molar refractivity (Wildman–Crippen MR) is 104 cm³/mol. The van der Waals surface area contributed by atoms with Gasteiger partial charge in [-0.05, 0) is 43.9 Å². The average Bonchev–Trinajstić information content (AvgIpc) is 3.39. The molecule has 0 N–H and O–H groups in total. The number of benzene rings is 1. The maximum Gasteiger partial charge on any atom is 0.308 e. The van der Waals surface area contributed by atoms with Gasteiger partial charge in [-0.3, -0.25) is 14.5 Å². The highest BCUT2D eigenvalue weighted by Crippen LogP contribution is 2.45. The molecule has 2 aromatic heterocycles. The lowest BCUT2D eigenvalue weighted by molar-refractivity contribution is -0.149. The number of carbonyl (C=O) groups is 1. The number of aromatic nitrogens is 4. The van der Waals surface area contributed by atoms with Gasteiger partial charge in [0, 0.05) is 22.2 Å². The van der Waals surface area contributed by atoms with Crippen LogP contribution < -0.4 is 0 Å². The largest absolute Gasteiger partial charge is 0.469 e. The van der Waals surface area contributed by atoms with Gasteiger partial charge in [0.15, 0.2) is 0 Å². The minimum Gasteiger partial charge on any atom is -0.469 e. The Kier molecular flexibility index (Phi) is 4.00. The third-order valence-corrected chi connectivity index (χ3v) is 6.02. The molecule has 0 saturated heterocycles. The molecule has 2 heterocycles. The first-order valence-corrected chi connectivity index (χ1v) is 10.0. The molecule has 3 aromatic rings. The van der Waals surface area contributed by atoms with Crippen LogP contribution in [0.15, 0.2) is 35.1 Å². The fourth-order valence-corrected chi connectivity index (χ4v) is 4.07. The lowest BCUT2D eigenvalue weighted by Crippen LogP contribution is -2.33. The number of hydrogen-bond acceptors (Lipinski definition) is 5. The number of methoxy groups -OCH3 is 1. The highest BCUT2D eigenvalue weighted by molar-refractivity contribution is 9.10. The van der Waals surface area contributed by atoms with Crippen LogP contribution in [-0.2, 0) is 9.53 Å². The zero-order valence-electron chi connectivity index (χ0n) is 14.9. The molecule has 2 saturated carbocycles. The van der Waals surface area contributed by atoms with Gasteiger partial charge in [0.1, 0.15) is 0 Å². The van der Waals surface area contributed by atoms with Crippen molar-refractivity contribution in [2.75, 3.05) is 7.11 Å². The minimum absolute atomic E-state index is 0.00478. The summed E-state index contributed by atoms with van der Waals surface area (Å²) in [4.78, 5) is 21.1. The van der Waals surface area contributed by atoms with Gasteiger partial charge in [-0.25, -0.2) is 4.98 Å². The number of nitrogens with zero attached hydrogens (tertiary/aromatic N) is 4. The number of halogens is 1. The molecule has 0 aliphatic heterocycles. The number of esters is 1. The lowest BCUT2D eigenvalue weighted by atomic mass is 9.80. The molecule has 2 fully saturated rings. The quantitative estimate of drug-likeness (QED) is 0.582. The Bertz CT molecular complexity index is 1040. The van der Waals surface area contributed by atoms with Crippen LogP contribution in [0.4, 0.5) is 0 Å². The smallest absolute Gasteiger partial charge is 0.308 e. The monoisotopic (exact) mass is 426 g/mol. The molecule has 0 amide bonds. The lowest BCUT2D eigenvalue weighted by Gasteiger charge is -2.33. The van der Waals surface area contributed by atoms with Crippen LogP contribution in [0.5, 0.6) is 0 Å². The van der Waals surface area contributed by atoms with Gasteiger partial charge in [-0.2, -0.15) is 5.10 Å². The Hall–Kier alpha value is -2.28. The average molecular weight is 427 g/mol. The van der Waals surface area contributed by atoms with Gasteiger partial charge in [0.2, 0.25) is 0 Å². The molecular weight excluding hydrogens is 408 g/mol. The van der Waals surface area contributed by atoms with Gasteiger partial charge in [0.05, 0.1) is 47.7 Å². The Balaban J connectivity index is 1.49. The summed E-state index contributed by atoms with van der Waals surface area (Å²) in [7, 11) is 1.45. The third-order valence-electron chi connectivity index (χ3n) is 5.53. The van der Waals surface area contributed by atoms with Crippen molar-refractivity contribution in [2.24, 2.45) is 5.92 Å². The summed E-state index contributed by atoms with van der Waals surface area (Å²) in [5, 5.41) is 4.88. The van der Waals surface area contributed by atoms with Crippen LogP contribution in [0.1, 0.15) is 43.3 Å². The standard InChI is InChI=1S/C20H19BrN4O2/c1-27-20(26)12-6-14(7-12)25-10-15(19(24-25)11-2-3-11)18-9-22-16-5-4-13(21)8-17(16)23-18/h4-5,8-12,14H,2-3,6-7H2,1H3/t12-,14-. The van der Waals surface area contributed by atoms with Gasteiger partial charge in [-0.15, -0.1) is 0 Å². The fourth-order valence-electron chi connectivity index (χ4n) is 3.73. The molecule has 0 unspecified atom stereocenters. The number of carbonyl (C=O) groups excluding carboxylic acids is 1. The number of fused-ring (bicyclic) bond motifs is 1. The predicted octanol–water partition coefficient (Wildman–Crippen LogP) is 4.26. The minimum atomic E-state index is -0.119. The van der Waals surface area contributed by atoms with E-state index in [1.165, 1.54) is 20.0 Å². The van der Waals surface area contributed by atoms with Gasteiger partial charge in [0.25, 0.3) is 0 Å². The molecule has 7 heteroatoms. The second-order valence-corrected chi connectivity index (χ2v) is 8.33. The first-order chi connectivity index (χ1) is 13.1. The van der Waals surface area contributed by atoms with E-state index in [0.29, 0.717) is 5.92 Å². The zero-order chi connectivity index (χ0) is 18.5. The zero-order valence-corrected chi connectivity index (χ0v) is 16.5. The molecule has 1 aromatic carbocycles. The SMILES string of the molecule is COC(=O)[C@H]1C[C@H](n2cc(-c3cnc4ccc(Br)cc4n3)c(C3CC3)n2)C1. The maximum atomic E-state index is 11.7. The van der Waals surface area contributed by atoms with Crippen molar-refractivity contribution in [3.8, 4) is 11.3 Å². The van der Waals surface area contributed by atoms with Crippen molar-refractivity contribution < 1.29 is 9.53 Å². The molecule has 5 rings (SSSR count). The summed E-state index contributed by atoms with van der Waals surface area (Å²) in [5.41, 5.74) is 4.78. The van der Waals surface area contributed by atoms with Gasteiger partial charge in [-0.1, -0.05) is 15.9 Å². The summed E-state index contributed by atoms with van der Waals surface area (Å²) in [6.07, 6.45) is 7.84. The van der Waals surface area contributed by atoms with Crippen molar-refractivity contribution in [3.63, 3.8) is 0 Å². The van der Waals surface area contributed by atoms with E-state index in [1.54, 1.807) is 0 Å². The van der Waals surface area contributed by atoms with E-state index in [1.807, 2.05) is 29.1 Å². The summed E-state index contributed by atoms with van der Waals surface area (Å²) in [5.74, 6) is 0.389. The number of hydrogen-bond donors (Lipinski definition) is 0. The topological polar surface area (TPSA) is 69.9 Å². The molecular formula is C20H19BrN4O2. The molecule has 27 heavy (non-hydrogen) atoms. The van der Waals surface area contributed by atoms with E-state index in [9.17, 15) is 4.79 Å². The summed E-state index contributed by atoms with van der Waals surface area (Å²) in [6, 6.07) is 6.17. The highest BCUT2D eigenvalue weighted by Gasteiger charge is 2.38. The first-order valence-electron chi connectivity index (χ1n) is 9.22. The molecule has 0 spiro atoms. The molecule has 2 aliphatic carbocycles. The second-order valence-electron chi connectivity index (χ2n) is 7.42. The van der Waals surface area contributed by atoms with Crippen molar-refractivity contribution in [3.05, 3.63) is 40.8 Å². The van der Waals surface area contributed by atoms with E-state index >= 15 is 0 Å². The summed E-state index contributed by atoms with van der Waals surface area (Å²) in [6.45, 7) is 0. The molecule has 2 aliphatic rings. The van der Waals surface area contributed by atoms with Crippen LogP contribution >= 0.6 is 15.9 Å². The van der Waals surface area contributed by atoms with E-state index in [2.05, 4.69) is 27.1 Å². The normalized spacial score (nSPS) is 21.9. The molecule has 0 radical (unpaired) electrons. The summed E-state index contributed by atoms with van der Waals surface area (Å²) >= 11 is 3.50. The van der Waals surface area contributed by atoms with E-state index in [-0.39, 0.29) is 17.9 Å². The number of rotatable bonds is 4. The van der Waals surface area contributed by atoms with Crippen molar-refractivity contribution in [1.29, 1.82) is 0 Å². The highest BCUT2D eigenvalue weighted by atomic mass is 79.9. The number of ether oxygens (including phenoxy) is 1. The van der Waals surface area contributed by atoms with Crippen molar-refractivity contribution in [1.82, 2.24) is 19.7 Å². The van der Waals surface area contributed by atoms with Crippen LogP contribution in [0.25, 0.3) is 22.3 Å². The van der Waals surface area contributed by atoms with Crippen LogP contribution in [0.3, 0.4) is 0 Å². The Morgan fingerprint density at radius 3 is 2.81 bits per heavy atom. The van der Waals surface area contributed by atoms with Crippen molar-refractivity contribution in [2.45, 2.75) is 37.6 Å². The third kappa shape index (κ3) is 3.04. The molecule has 0 atom stereocenters. The van der Waals surface area contributed by atoms with Crippen LogP contribution in [-0.4, -0.2) is 32.8 Å². The second kappa shape index (κ2) is 6.41. The van der Waals surface area contributed by atoms with Gasteiger partial charge < -0.3 is 4.74 Å². The van der Waals surface area contributed by atoms with E-state index in [0.717, 1.165) is 45.3 Å². The van der Waals surface area contributed by atoms with Crippen LogP contribution in [0, 0.1) is 5.92 Å². The van der Waals surface area contributed by atoms with Gasteiger partial charge >= 0.3 is 5.97 Å². The molecule has 0 bridgehead atoms.